The van der Waals surface area contributed by atoms with Crippen LogP contribution < -0.4 is 21.7 Å². The molecule has 0 saturated heterocycles. The van der Waals surface area contributed by atoms with Crippen molar-refractivity contribution in [3.63, 3.8) is 0 Å². The fourth-order valence-electron chi connectivity index (χ4n) is 1.99. The van der Waals surface area contributed by atoms with Gasteiger partial charge in [-0.15, -0.1) is 9.19 Å². The Balaban J connectivity index is 1.93. The van der Waals surface area contributed by atoms with Crippen LogP contribution in [-0.2, 0) is 10.0 Å². The summed E-state index contributed by atoms with van der Waals surface area (Å²) in [4.78, 5) is 10.8. The number of hydrogen-bond acceptors (Lipinski definition) is 8. The van der Waals surface area contributed by atoms with Crippen LogP contribution in [-0.4, -0.2) is 34.9 Å². The Morgan fingerprint density at radius 2 is 1.91 bits per heavy atom. The summed E-state index contributed by atoms with van der Waals surface area (Å²) < 4.78 is 24.1. The second-order valence-electron chi connectivity index (χ2n) is 4.63. The summed E-state index contributed by atoms with van der Waals surface area (Å²) in [5, 5.41) is 14.0. The van der Waals surface area contributed by atoms with Crippen LogP contribution in [0.5, 0.6) is 0 Å². The zero-order chi connectivity index (χ0) is 16.1. The number of nitrogen functional groups attached to an aromatic ring is 1. The van der Waals surface area contributed by atoms with Gasteiger partial charge in [0, 0.05) is 0 Å². The van der Waals surface area contributed by atoms with Gasteiger partial charge in [0.25, 0.3) is 10.0 Å². The smallest absolute Gasteiger partial charge is 0.335 e. The number of hydrogen-bond donors (Lipinski definition) is 4. The van der Waals surface area contributed by atoms with Crippen LogP contribution in [0, 0.1) is 0 Å². The third kappa shape index (κ3) is 2.16. The lowest BCUT2D eigenvalue weighted by Crippen LogP contribution is -2.31. The molecule has 1 aromatic heterocycles. The van der Waals surface area contributed by atoms with Gasteiger partial charge in [-0.2, -0.15) is 5.12 Å². The fraction of sp³-hybridized carbons (Fsp3) is 0.0909. The van der Waals surface area contributed by atoms with Crippen LogP contribution >= 0.6 is 0 Å². The van der Waals surface area contributed by atoms with Crippen molar-refractivity contribution in [3.8, 4) is 0 Å². The summed E-state index contributed by atoms with van der Waals surface area (Å²) in [5.74, 6) is -0.825. The monoisotopic (exact) mass is 324 g/mol. The molecule has 0 bridgehead atoms. The molecule has 0 radical (unpaired) electrons. The van der Waals surface area contributed by atoms with E-state index in [1.807, 2.05) is 0 Å². The van der Waals surface area contributed by atoms with Crippen LogP contribution in [0.1, 0.15) is 10.4 Å². The number of nitrogens with two attached hydrogens (primary N) is 1. The van der Waals surface area contributed by atoms with E-state index in [-0.39, 0.29) is 17.2 Å². The second-order valence-corrected chi connectivity index (χ2v) is 6.44. The highest BCUT2D eigenvalue weighted by molar-refractivity contribution is 7.89. The number of nitrogens with zero attached hydrogens (tertiary/aromatic N) is 3. The highest BCUT2D eigenvalue weighted by atomic mass is 32.2. The second kappa shape index (κ2) is 4.53. The van der Waals surface area contributed by atoms with Gasteiger partial charge in [-0.3, -0.25) is 10.9 Å². The molecule has 11 heteroatoms. The van der Waals surface area contributed by atoms with Crippen molar-refractivity contribution in [1.82, 2.24) is 9.19 Å². The van der Waals surface area contributed by atoms with Crippen LogP contribution in [0.4, 0.5) is 23.0 Å². The van der Waals surface area contributed by atoms with Gasteiger partial charge in [0.1, 0.15) is 5.69 Å². The molecule has 0 unspecified atom stereocenters. The molecule has 0 atom stereocenters. The molecule has 1 aliphatic rings. The van der Waals surface area contributed by atoms with E-state index in [1.54, 1.807) is 12.1 Å². The van der Waals surface area contributed by atoms with E-state index in [9.17, 15) is 13.2 Å². The first kappa shape index (κ1) is 14.0. The molecule has 22 heavy (non-hydrogen) atoms. The lowest BCUT2D eigenvalue weighted by atomic mass is 10.2. The summed E-state index contributed by atoms with van der Waals surface area (Å²) >= 11 is 0. The lowest BCUT2D eigenvalue weighted by Gasteiger charge is -2.19. The van der Waals surface area contributed by atoms with E-state index >= 15 is 0 Å². The third-order valence-corrected chi connectivity index (χ3v) is 3.90. The molecule has 1 aliphatic heterocycles. The number of carbonyl (C=O) groups is 1. The minimum Gasteiger partial charge on any atom is -0.478 e. The van der Waals surface area contributed by atoms with Crippen LogP contribution in [0.15, 0.2) is 24.3 Å². The van der Waals surface area contributed by atoms with Gasteiger partial charge < -0.3 is 10.8 Å². The molecule has 0 saturated carbocycles. The van der Waals surface area contributed by atoms with Crippen molar-refractivity contribution < 1.29 is 18.3 Å². The van der Waals surface area contributed by atoms with Crippen LogP contribution in [0.3, 0.4) is 0 Å². The molecule has 0 fully saturated rings. The minimum absolute atomic E-state index is 0.0255. The summed E-state index contributed by atoms with van der Waals surface area (Å²) in [6, 6.07) is 5.97. The number of hydrazine groups is 2. The Morgan fingerprint density at radius 1 is 1.27 bits per heavy atom. The maximum absolute atomic E-state index is 11.7. The quantitative estimate of drug-likeness (QED) is 0.620. The normalized spacial score (nSPS) is 13.4. The highest BCUT2D eigenvalue weighted by Crippen LogP contribution is 2.36. The summed E-state index contributed by atoms with van der Waals surface area (Å²) in [6.07, 6.45) is 1.01. The number of anilines is 4. The van der Waals surface area contributed by atoms with E-state index in [0.29, 0.717) is 11.4 Å². The van der Waals surface area contributed by atoms with Crippen molar-refractivity contribution in [2.45, 2.75) is 0 Å². The molecule has 3 rings (SSSR count). The van der Waals surface area contributed by atoms with E-state index in [1.165, 1.54) is 17.3 Å². The molecule has 0 amide bonds. The Hall–Kier alpha value is -2.95. The predicted molar refractivity (Wildman–Crippen MR) is 80.0 cm³/mol. The van der Waals surface area contributed by atoms with E-state index in [2.05, 4.69) is 16.0 Å². The molecule has 1 aromatic carbocycles. The number of rotatable bonds is 3. The Bertz CT molecular complexity index is 857. The topological polar surface area (TPSA) is 143 Å². The number of carboxylic acids is 1. The average molecular weight is 324 g/mol. The lowest BCUT2D eigenvalue weighted by molar-refractivity contribution is 0.0697. The van der Waals surface area contributed by atoms with Crippen molar-refractivity contribution in [2.75, 3.05) is 28.0 Å². The predicted octanol–water partition coefficient (Wildman–Crippen LogP) is 0.145. The maximum atomic E-state index is 11.7. The molecule has 2 heterocycles. The molecule has 0 aliphatic carbocycles. The number of aromatic nitrogens is 2. The van der Waals surface area contributed by atoms with E-state index in [0.717, 1.165) is 10.3 Å². The van der Waals surface area contributed by atoms with Gasteiger partial charge in [0.2, 0.25) is 0 Å². The highest BCUT2D eigenvalue weighted by Gasteiger charge is 2.30. The van der Waals surface area contributed by atoms with Crippen molar-refractivity contribution in [1.29, 1.82) is 0 Å². The van der Waals surface area contributed by atoms with Gasteiger partial charge in [0.05, 0.1) is 17.5 Å². The Morgan fingerprint density at radius 3 is 2.45 bits per heavy atom. The first-order valence-corrected chi connectivity index (χ1v) is 7.88. The first-order valence-electron chi connectivity index (χ1n) is 6.03. The summed E-state index contributed by atoms with van der Waals surface area (Å²) in [5.41, 5.74) is 12.4. The SMILES string of the molecule is CS(=O)(=O)n1nc(N)c2c1NN(c1ccc(C(=O)O)cc1)N2. The summed E-state index contributed by atoms with van der Waals surface area (Å²) in [6.45, 7) is 0. The standard InChI is InChI=1S/C11H12N6O4S/c1-22(20,21)17-10-8(9(12)14-17)13-16(15-10)7-4-2-6(3-5-7)11(18)19/h2-5,13,15H,1H3,(H2,12,14)(H,18,19). The van der Waals surface area contributed by atoms with Crippen LogP contribution in [0.2, 0.25) is 0 Å². The minimum atomic E-state index is -3.61. The number of fused-ring (bicyclic) bond motifs is 1. The van der Waals surface area contributed by atoms with Gasteiger partial charge in [0.15, 0.2) is 11.6 Å². The van der Waals surface area contributed by atoms with E-state index < -0.39 is 16.0 Å². The average Bonchev–Trinajstić information content (AvgIpc) is 2.99. The third-order valence-electron chi connectivity index (χ3n) is 3.01. The van der Waals surface area contributed by atoms with Gasteiger partial charge in [-0.1, -0.05) is 0 Å². The van der Waals surface area contributed by atoms with Crippen LogP contribution in [0.25, 0.3) is 0 Å². The molecule has 5 N–H and O–H groups in total. The number of carboxylic acid groups (broad SMARTS) is 1. The van der Waals surface area contributed by atoms with Crippen molar-refractivity contribution >= 4 is 39.0 Å². The zero-order valence-electron chi connectivity index (χ0n) is 11.3. The largest absolute Gasteiger partial charge is 0.478 e. The number of benzene rings is 1. The summed E-state index contributed by atoms with van der Waals surface area (Å²) in [7, 11) is -3.61. The molecule has 116 valence electrons. The van der Waals surface area contributed by atoms with Crippen molar-refractivity contribution in [2.24, 2.45) is 0 Å². The zero-order valence-corrected chi connectivity index (χ0v) is 12.1. The fourth-order valence-corrected chi connectivity index (χ4v) is 2.69. The van der Waals surface area contributed by atoms with E-state index in [4.69, 9.17) is 10.8 Å². The molecule has 2 aromatic rings. The van der Waals surface area contributed by atoms with Crippen molar-refractivity contribution in [3.05, 3.63) is 29.8 Å². The first-order chi connectivity index (χ1) is 10.3. The van der Waals surface area contributed by atoms with Gasteiger partial charge in [-0.05, 0) is 24.3 Å². The Labute approximate surface area is 125 Å². The number of nitrogens with one attached hydrogen (secondary N) is 2. The van der Waals surface area contributed by atoms with Gasteiger partial charge >= 0.3 is 5.97 Å². The van der Waals surface area contributed by atoms with Gasteiger partial charge in [-0.25, -0.2) is 13.2 Å². The molecular weight excluding hydrogens is 312 g/mol. The molecular formula is C11H12N6O4S. The Kier molecular flexibility index (Phi) is 2.88. The molecule has 0 spiro atoms. The molecule has 10 nitrogen and oxygen atoms in total. The maximum Gasteiger partial charge on any atom is 0.335 e. The number of aromatic carboxylic acids is 1.